The molecule has 8 nitrogen and oxygen atoms in total. The van der Waals surface area contributed by atoms with Gasteiger partial charge in [0.15, 0.2) is 0 Å². The molecular formula is C23H25N5O3. The van der Waals surface area contributed by atoms with Crippen molar-refractivity contribution in [3.63, 3.8) is 0 Å². The fourth-order valence-corrected chi connectivity index (χ4v) is 3.88. The van der Waals surface area contributed by atoms with Crippen LogP contribution in [0.25, 0.3) is 10.9 Å². The number of amides is 1. The van der Waals surface area contributed by atoms with E-state index in [4.69, 9.17) is 0 Å². The molecule has 0 aliphatic carbocycles. The minimum absolute atomic E-state index is 0.0769. The standard InChI is InChI=1S/C23H25N5O3/c29-22(26-20-7-3-6-19-18(20)5-4-10-24-19)15-17(23(30)31)16-27-11-13-28(14-12-27)21-8-1-2-9-25-21/h1-10,17H,11-16H2,(H,26,29)(H,30,31)/t17-/m1/s1. The summed E-state index contributed by atoms with van der Waals surface area (Å²) in [6.07, 6.45) is 3.39. The topological polar surface area (TPSA) is 98.7 Å². The lowest BCUT2D eigenvalue weighted by molar-refractivity contribution is -0.144. The van der Waals surface area contributed by atoms with E-state index in [0.717, 1.165) is 42.9 Å². The molecule has 2 aromatic heterocycles. The maximum absolute atomic E-state index is 12.6. The van der Waals surface area contributed by atoms with Crippen LogP contribution in [0.3, 0.4) is 0 Å². The molecule has 1 atom stereocenters. The maximum atomic E-state index is 12.6. The molecule has 0 bridgehead atoms. The fraction of sp³-hybridized carbons (Fsp3) is 0.304. The molecule has 1 fully saturated rings. The third-order valence-corrected chi connectivity index (χ3v) is 5.52. The van der Waals surface area contributed by atoms with Crippen molar-refractivity contribution in [1.82, 2.24) is 14.9 Å². The molecule has 0 radical (unpaired) electrons. The van der Waals surface area contributed by atoms with Gasteiger partial charge in [-0.1, -0.05) is 12.1 Å². The minimum Gasteiger partial charge on any atom is -0.481 e. The summed E-state index contributed by atoms with van der Waals surface area (Å²) in [7, 11) is 0. The number of piperazine rings is 1. The van der Waals surface area contributed by atoms with Gasteiger partial charge in [-0.15, -0.1) is 0 Å². The molecule has 160 valence electrons. The number of hydrogen-bond donors (Lipinski definition) is 2. The molecule has 2 N–H and O–H groups in total. The Balaban J connectivity index is 1.34. The van der Waals surface area contributed by atoms with Gasteiger partial charge in [0.1, 0.15) is 5.82 Å². The van der Waals surface area contributed by atoms with E-state index in [1.807, 2.05) is 42.5 Å². The molecule has 1 aliphatic rings. The molecule has 8 heteroatoms. The fourth-order valence-electron chi connectivity index (χ4n) is 3.88. The first-order chi connectivity index (χ1) is 15.1. The van der Waals surface area contributed by atoms with Crippen LogP contribution in [0.5, 0.6) is 0 Å². The van der Waals surface area contributed by atoms with Gasteiger partial charge in [0.2, 0.25) is 5.91 Å². The number of carboxylic acid groups (broad SMARTS) is 1. The molecule has 3 heterocycles. The Labute approximate surface area is 180 Å². The zero-order valence-corrected chi connectivity index (χ0v) is 17.1. The number of aromatic nitrogens is 2. The molecule has 1 aromatic carbocycles. The highest BCUT2D eigenvalue weighted by Crippen LogP contribution is 2.22. The second-order valence-electron chi connectivity index (χ2n) is 7.64. The van der Waals surface area contributed by atoms with Gasteiger partial charge in [0, 0.05) is 56.9 Å². The Morgan fingerprint density at radius 3 is 2.52 bits per heavy atom. The van der Waals surface area contributed by atoms with Crippen LogP contribution < -0.4 is 10.2 Å². The Hall–Kier alpha value is -3.52. The van der Waals surface area contributed by atoms with Gasteiger partial charge < -0.3 is 15.3 Å². The molecule has 4 rings (SSSR count). The molecule has 1 aliphatic heterocycles. The smallest absolute Gasteiger partial charge is 0.308 e. The number of rotatable bonds is 7. The summed E-state index contributed by atoms with van der Waals surface area (Å²) in [6, 6.07) is 15.0. The van der Waals surface area contributed by atoms with Crippen LogP contribution in [-0.2, 0) is 9.59 Å². The number of fused-ring (bicyclic) bond motifs is 1. The second-order valence-corrected chi connectivity index (χ2v) is 7.64. The molecule has 1 amide bonds. The highest BCUT2D eigenvalue weighted by molar-refractivity contribution is 6.01. The number of hydrogen-bond acceptors (Lipinski definition) is 6. The van der Waals surface area contributed by atoms with E-state index < -0.39 is 11.9 Å². The molecule has 3 aromatic rings. The van der Waals surface area contributed by atoms with Gasteiger partial charge in [0.05, 0.1) is 17.1 Å². The largest absolute Gasteiger partial charge is 0.481 e. The Kier molecular flexibility index (Phi) is 6.37. The first-order valence-electron chi connectivity index (χ1n) is 10.3. The van der Waals surface area contributed by atoms with Crippen molar-refractivity contribution in [3.8, 4) is 0 Å². The van der Waals surface area contributed by atoms with Crippen LogP contribution in [0.4, 0.5) is 11.5 Å². The lowest BCUT2D eigenvalue weighted by Gasteiger charge is -2.36. The third-order valence-electron chi connectivity index (χ3n) is 5.52. The minimum atomic E-state index is -0.957. The summed E-state index contributed by atoms with van der Waals surface area (Å²) < 4.78 is 0. The number of pyridine rings is 2. The first-order valence-corrected chi connectivity index (χ1v) is 10.3. The molecule has 1 saturated heterocycles. The quantitative estimate of drug-likeness (QED) is 0.607. The molecule has 0 saturated carbocycles. The summed E-state index contributed by atoms with van der Waals surface area (Å²) in [5.74, 6) is -1.10. The van der Waals surface area contributed by atoms with Crippen molar-refractivity contribution in [2.45, 2.75) is 6.42 Å². The highest BCUT2D eigenvalue weighted by atomic mass is 16.4. The number of nitrogens with zero attached hydrogens (tertiary/aromatic N) is 4. The maximum Gasteiger partial charge on any atom is 0.308 e. The van der Waals surface area contributed by atoms with Crippen molar-refractivity contribution >= 4 is 34.3 Å². The summed E-state index contributed by atoms with van der Waals surface area (Å²) in [5, 5.41) is 13.4. The van der Waals surface area contributed by atoms with Crippen molar-refractivity contribution in [2.24, 2.45) is 5.92 Å². The Bertz CT molecular complexity index is 1050. The normalized spacial score (nSPS) is 15.5. The third kappa shape index (κ3) is 5.16. The van der Waals surface area contributed by atoms with Crippen LogP contribution in [0, 0.1) is 5.92 Å². The molecule has 0 spiro atoms. The number of benzene rings is 1. The van der Waals surface area contributed by atoms with Crippen LogP contribution >= 0.6 is 0 Å². The zero-order chi connectivity index (χ0) is 21.6. The second kappa shape index (κ2) is 9.53. The summed E-state index contributed by atoms with van der Waals surface area (Å²) in [5.41, 5.74) is 1.42. The number of carboxylic acids is 1. The summed E-state index contributed by atoms with van der Waals surface area (Å²) in [4.78, 5) is 37.4. The number of carbonyl (C=O) groups excluding carboxylic acids is 1. The average molecular weight is 419 g/mol. The van der Waals surface area contributed by atoms with E-state index in [9.17, 15) is 14.7 Å². The SMILES string of the molecule is O=C(C[C@H](CN1CCN(c2ccccn2)CC1)C(=O)O)Nc1cccc2ncccc12. The van der Waals surface area contributed by atoms with E-state index in [2.05, 4.69) is 25.1 Å². The van der Waals surface area contributed by atoms with Gasteiger partial charge in [-0.3, -0.25) is 19.5 Å². The van der Waals surface area contributed by atoms with Crippen LogP contribution in [0.1, 0.15) is 6.42 Å². The van der Waals surface area contributed by atoms with E-state index in [1.54, 1.807) is 18.5 Å². The van der Waals surface area contributed by atoms with Crippen LogP contribution in [-0.4, -0.2) is 64.6 Å². The number of carbonyl (C=O) groups is 2. The Morgan fingerprint density at radius 1 is 0.968 bits per heavy atom. The number of aliphatic carboxylic acids is 1. The van der Waals surface area contributed by atoms with Crippen molar-refractivity contribution in [2.75, 3.05) is 42.9 Å². The monoisotopic (exact) mass is 419 g/mol. The van der Waals surface area contributed by atoms with Crippen molar-refractivity contribution in [3.05, 3.63) is 60.9 Å². The van der Waals surface area contributed by atoms with Crippen molar-refractivity contribution < 1.29 is 14.7 Å². The predicted octanol–water partition coefficient (Wildman–Crippen LogP) is 2.48. The van der Waals surface area contributed by atoms with Crippen molar-refractivity contribution in [1.29, 1.82) is 0 Å². The summed E-state index contributed by atoms with van der Waals surface area (Å²) >= 11 is 0. The average Bonchev–Trinajstić information content (AvgIpc) is 2.80. The zero-order valence-electron chi connectivity index (χ0n) is 17.1. The molecule has 0 unspecified atom stereocenters. The number of nitrogens with one attached hydrogen (secondary N) is 1. The van der Waals surface area contributed by atoms with E-state index in [-0.39, 0.29) is 12.3 Å². The Morgan fingerprint density at radius 2 is 1.77 bits per heavy atom. The van der Waals surface area contributed by atoms with E-state index in [0.29, 0.717) is 12.2 Å². The number of anilines is 2. The van der Waals surface area contributed by atoms with Gasteiger partial charge in [-0.05, 0) is 36.4 Å². The lowest BCUT2D eigenvalue weighted by Crippen LogP contribution is -2.49. The molecule has 31 heavy (non-hydrogen) atoms. The van der Waals surface area contributed by atoms with Crippen LogP contribution in [0.15, 0.2) is 60.9 Å². The van der Waals surface area contributed by atoms with Crippen LogP contribution in [0.2, 0.25) is 0 Å². The summed E-state index contributed by atoms with van der Waals surface area (Å²) in [6.45, 7) is 3.36. The predicted molar refractivity (Wildman–Crippen MR) is 119 cm³/mol. The van der Waals surface area contributed by atoms with E-state index in [1.165, 1.54) is 0 Å². The first kappa shape index (κ1) is 20.7. The van der Waals surface area contributed by atoms with Gasteiger partial charge in [0.25, 0.3) is 0 Å². The van der Waals surface area contributed by atoms with Gasteiger partial charge in [-0.25, -0.2) is 4.98 Å². The molecular weight excluding hydrogens is 394 g/mol. The van der Waals surface area contributed by atoms with E-state index >= 15 is 0 Å². The lowest BCUT2D eigenvalue weighted by atomic mass is 10.0. The van der Waals surface area contributed by atoms with Gasteiger partial charge in [-0.2, -0.15) is 0 Å². The van der Waals surface area contributed by atoms with Gasteiger partial charge >= 0.3 is 5.97 Å². The highest BCUT2D eigenvalue weighted by Gasteiger charge is 2.27.